The Morgan fingerprint density at radius 2 is 1.65 bits per heavy atom. The number of hydrogen-bond acceptors (Lipinski definition) is 6. The zero-order chi connectivity index (χ0) is 33.2. The van der Waals surface area contributed by atoms with Gasteiger partial charge in [-0.3, -0.25) is 9.10 Å². The number of carbonyl (C=O) groups is 1. The highest BCUT2D eigenvalue weighted by molar-refractivity contribution is 7.92. The Balaban J connectivity index is 1.42. The summed E-state index contributed by atoms with van der Waals surface area (Å²) in [7, 11) is -3.27. The summed E-state index contributed by atoms with van der Waals surface area (Å²) in [6.45, 7) is 7.61. The van der Waals surface area contributed by atoms with Gasteiger partial charge in [0.05, 0.1) is 35.3 Å². The van der Waals surface area contributed by atoms with E-state index in [9.17, 15) is 17.6 Å². The summed E-state index contributed by atoms with van der Waals surface area (Å²) in [4.78, 5) is 13.1. The number of benzene rings is 3. The highest BCUT2D eigenvalue weighted by Gasteiger charge is 2.44. The standard InChI is InChI=1S/C34H37BF2N2O6S/c1-33(2)19-34(3,4)45-35(44-33)26-14-7-20(15-27(26)37)18-39(46(6,41)42)28-17-29-25(16-24(28)21-8-9-21)30(32(40)38-5)31(43-29)22-10-12-23(36)13-11-22/h7,10-17,21H,8-9,18-19H2,1-6H3,(H,38,40). The zero-order valence-electron chi connectivity index (χ0n) is 26.7. The van der Waals surface area contributed by atoms with Crippen LogP contribution in [0.4, 0.5) is 14.5 Å². The minimum atomic E-state index is -3.87. The van der Waals surface area contributed by atoms with E-state index >= 15 is 4.39 Å². The van der Waals surface area contributed by atoms with Crippen molar-refractivity contribution in [2.24, 2.45) is 0 Å². The van der Waals surface area contributed by atoms with E-state index in [2.05, 4.69) is 5.32 Å². The molecule has 1 aliphatic carbocycles. The molecule has 12 heteroatoms. The van der Waals surface area contributed by atoms with E-state index in [1.54, 1.807) is 18.2 Å². The first-order chi connectivity index (χ1) is 21.5. The molecule has 46 heavy (non-hydrogen) atoms. The Morgan fingerprint density at radius 1 is 1.00 bits per heavy atom. The third-order valence-corrected chi connectivity index (χ3v) is 9.56. The number of amides is 1. The number of carbonyl (C=O) groups excluding carboxylic acids is 1. The van der Waals surface area contributed by atoms with Crippen LogP contribution in [0.5, 0.6) is 0 Å². The molecule has 0 bridgehead atoms. The summed E-state index contributed by atoms with van der Waals surface area (Å²) in [6.07, 6.45) is 3.45. The Labute approximate surface area is 268 Å². The highest BCUT2D eigenvalue weighted by Crippen LogP contribution is 2.48. The fourth-order valence-corrected chi connectivity index (χ4v) is 7.39. The molecule has 3 aromatic carbocycles. The summed E-state index contributed by atoms with van der Waals surface area (Å²) < 4.78 is 75.6. The SMILES string of the molecule is CNC(=O)c1c(-c2ccc(F)cc2)oc2cc(N(Cc3ccc(B4OC(C)(C)CC(C)(C)O4)c(F)c3)S(C)(=O)=O)c(C3CC3)cc12. The van der Waals surface area contributed by atoms with Crippen molar-refractivity contribution < 1.29 is 35.7 Å². The van der Waals surface area contributed by atoms with E-state index in [0.29, 0.717) is 34.2 Å². The van der Waals surface area contributed by atoms with Gasteiger partial charge in [0.15, 0.2) is 0 Å². The molecule has 1 N–H and O–H groups in total. The van der Waals surface area contributed by atoms with Gasteiger partial charge in [-0.1, -0.05) is 12.1 Å². The Hall–Kier alpha value is -3.74. The summed E-state index contributed by atoms with van der Waals surface area (Å²) in [5.41, 5.74) is 1.84. The van der Waals surface area contributed by atoms with Crippen LogP contribution in [0.1, 0.15) is 74.4 Å². The molecule has 1 saturated carbocycles. The molecular weight excluding hydrogens is 613 g/mol. The molecule has 2 heterocycles. The molecule has 1 aromatic heterocycles. The highest BCUT2D eigenvalue weighted by atomic mass is 32.2. The average Bonchev–Trinajstić information content (AvgIpc) is 3.73. The quantitative estimate of drug-likeness (QED) is 0.226. The molecule has 0 unspecified atom stereocenters. The number of nitrogens with zero attached hydrogens (tertiary/aromatic N) is 1. The van der Waals surface area contributed by atoms with E-state index in [1.165, 1.54) is 41.7 Å². The van der Waals surface area contributed by atoms with Crippen molar-refractivity contribution >= 4 is 45.2 Å². The van der Waals surface area contributed by atoms with Crippen LogP contribution in [0.25, 0.3) is 22.3 Å². The fourth-order valence-electron chi connectivity index (χ4n) is 6.49. The second-order valence-electron chi connectivity index (χ2n) is 13.5. The largest absolute Gasteiger partial charge is 0.497 e. The normalized spacial score (nSPS) is 17.7. The molecule has 242 valence electrons. The van der Waals surface area contributed by atoms with Gasteiger partial charge in [0.2, 0.25) is 10.0 Å². The maximum atomic E-state index is 15.7. The van der Waals surface area contributed by atoms with Crippen LogP contribution >= 0.6 is 0 Å². The minimum absolute atomic E-state index is 0.0804. The first kappa shape index (κ1) is 32.2. The number of sulfonamides is 1. The van der Waals surface area contributed by atoms with Crippen molar-refractivity contribution in [3.8, 4) is 11.3 Å². The third-order valence-electron chi connectivity index (χ3n) is 8.43. The van der Waals surface area contributed by atoms with Crippen molar-refractivity contribution in [1.82, 2.24) is 5.32 Å². The van der Waals surface area contributed by atoms with Gasteiger partial charge in [0, 0.05) is 35.9 Å². The van der Waals surface area contributed by atoms with Gasteiger partial charge in [-0.15, -0.1) is 0 Å². The lowest BCUT2D eigenvalue weighted by atomic mass is 9.72. The number of halogens is 2. The Kier molecular flexibility index (Phi) is 8.06. The van der Waals surface area contributed by atoms with Crippen LogP contribution in [0, 0.1) is 11.6 Å². The lowest BCUT2D eigenvalue weighted by molar-refractivity contribution is -0.0718. The number of rotatable bonds is 8. The average molecular weight is 651 g/mol. The molecule has 1 amide bonds. The maximum absolute atomic E-state index is 15.7. The van der Waals surface area contributed by atoms with Gasteiger partial charge in [-0.2, -0.15) is 0 Å². The van der Waals surface area contributed by atoms with Crippen LogP contribution in [0.3, 0.4) is 0 Å². The zero-order valence-corrected chi connectivity index (χ0v) is 27.6. The van der Waals surface area contributed by atoms with Gasteiger partial charge in [-0.25, -0.2) is 17.2 Å². The topological polar surface area (TPSA) is 98.1 Å². The van der Waals surface area contributed by atoms with Gasteiger partial charge >= 0.3 is 7.12 Å². The molecular formula is C34H37BF2N2O6S. The molecule has 8 nitrogen and oxygen atoms in total. The van der Waals surface area contributed by atoms with E-state index in [0.717, 1.165) is 24.7 Å². The predicted octanol–water partition coefficient (Wildman–Crippen LogP) is 6.27. The van der Waals surface area contributed by atoms with E-state index < -0.39 is 40.0 Å². The van der Waals surface area contributed by atoms with Crippen molar-refractivity contribution in [1.29, 1.82) is 0 Å². The van der Waals surface area contributed by atoms with Crippen LogP contribution in [-0.4, -0.2) is 45.9 Å². The monoisotopic (exact) mass is 650 g/mol. The number of nitrogens with one attached hydrogen (secondary N) is 1. The lowest BCUT2D eigenvalue weighted by Gasteiger charge is -2.44. The van der Waals surface area contributed by atoms with Crippen LogP contribution in [0.15, 0.2) is 59.0 Å². The van der Waals surface area contributed by atoms with Crippen LogP contribution in [0.2, 0.25) is 0 Å². The Bertz CT molecular complexity index is 1920. The molecule has 6 rings (SSSR count). The Morgan fingerprint density at radius 3 is 2.22 bits per heavy atom. The first-order valence-electron chi connectivity index (χ1n) is 15.3. The predicted molar refractivity (Wildman–Crippen MR) is 175 cm³/mol. The van der Waals surface area contributed by atoms with Crippen molar-refractivity contribution in [3.63, 3.8) is 0 Å². The second-order valence-corrected chi connectivity index (χ2v) is 15.4. The molecule has 1 aliphatic heterocycles. The molecule has 1 saturated heterocycles. The van der Waals surface area contributed by atoms with Crippen LogP contribution < -0.4 is 15.1 Å². The molecule has 2 fully saturated rings. The number of anilines is 1. The van der Waals surface area contributed by atoms with Gasteiger partial charge in [0.25, 0.3) is 5.91 Å². The molecule has 0 radical (unpaired) electrons. The number of fused-ring (bicyclic) bond motifs is 1. The van der Waals surface area contributed by atoms with E-state index in [1.807, 2.05) is 33.8 Å². The third kappa shape index (κ3) is 6.43. The van der Waals surface area contributed by atoms with Crippen molar-refractivity contribution in [3.05, 3.63) is 82.9 Å². The van der Waals surface area contributed by atoms with Gasteiger partial charge < -0.3 is 19.0 Å². The number of furan rings is 1. The van der Waals surface area contributed by atoms with E-state index in [-0.39, 0.29) is 35.2 Å². The summed E-state index contributed by atoms with van der Waals surface area (Å²) >= 11 is 0. The molecule has 0 atom stereocenters. The second kappa shape index (κ2) is 11.5. The fraction of sp³-hybridized carbons (Fsp3) is 0.382. The summed E-state index contributed by atoms with van der Waals surface area (Å²) in [5, 5.41) is 3.17. The summed E-state index contributed by atoms with van der Waals surface area (Å²) in [6, 6.07) is 13.6. The molecule has 2 aliphatic rings. The number of hydrogen-bond donors (Lipinski definition) is 1. The van der Waals surface area contributed by atoms with E-state index in [4.69, 9.17) is 13.7 Å². The maximum Gasteiger partial charge on any atom is 0.497 e. The van der Waals surface area contributed by atoms with Gasteiger partial charge in [-0.05, 0) is 94.0 Å². The smallest absolute Gasteiger partial charge is 0.455 e. The van der Waals surface area contributed by atoms with Crippen molar-refractivity contribution in [2.45, 2.75) is 70.6 Å². The molecule has 0 spiro atoms. The lowest BCUT2D eigenvalue weighted by Crippen LogP contribution is -2.56. The van der Waals surface area contributed by atoms with Crippen molar-refractivity contribution in [2.75, 3.05) is 17.6 Å². The molecule has 4 aromatic rings. The summed E-state index contributed by atoms with van der Waals surface area (Å²) in [5.74, 6) is -1.06. The van der Waals surface area contributed by atoms with Gasteiger partial charge in [0.1, 0.15) is 23.0 Å². The van der Waals surface area contributed by atoms with Crippen LogP contribution in [-0.2, 0) is 25.9 Å². The first-order valence-corrected chi connectivity index (χ1v) is 17.1. The minimum Gasteiger partial charge on any atom is -0.455 e.